The number of likely N-dealkylation sites (tertiary alicyclic amines) is 1. The standard InChI is InChI=1S/C25H37N3O3/c1-16(2)24(29)26-21-8-6-5-7-20(21)25(30)28-13-18-11-22(27(3)4)23(12-19(18)14-28)31-15-17-9-10-17/h5-8,16-19,22-23H,9-15H2,1-4H3,(H,26,29)/t18-,19+,22-,23-/m1/s1. The van der Waals surface area contributed by atoms with Crippen LogP contribution in [0.3, 0.4) is 0 Å². The average molecular weight is 428 g/mol. The number of carbonyl (C=O) groups is 2. The second-order valence-corrected chi connectivity index (χ2v) is 10.2. The molecular formula is C25H37N3O3. The molecule has 2 amide bonds. The molecular weight excluding hydrogens is 390 g/mol. The van der Waals surface area contributed by atoms with Crippen molar-refractivity contribution in [3.63, 3.8) is 0 Å². The third-order valence-electron chi connectivity index (χ3n) is 7.22. The molecule has 2 saturated carbocycles. The van der Waals surface area contributed by atoms with Gasteiger partial charge in [-0.2, -0.15) is 0 Å². The summed E-state index contributed by atoms with van der Waals surface area (Å²) < 4.78 is 6.36. The lowest BCUT2D eigenvalue weighted by Crippen LogP contribution is -2.48. The van der Waals surface area contributed by atoms with Crippen LogP contribution in [0.1, 0.15) is 49.9 Å². The van der Waals surface area contributed by atoms with Gasteiger partial charge in [-0.3, -0.25) is 9.59 Å². The van der Waals surface area contributed by atoms with Gasteiger partial charge < -0.3 is 19.9 Å². The van der Waals surface area contributed by atoms with Gasteiger partial charge >= 0.3 is 0 Å². The van der Waals surface area contributed by atoms with Crippen molar-refractivity contribution in [3.8, 4) is 0 Å². The monoisotopic (exact) mass is 427 g/mol. The fourth-order valence-corrected chi connectivity index (χ4v) is 5.05. The minimum Gasteiger partial charge on any atom is -0.376 e. The van der Waals surface area contributed by atoms with E-state index in [1.807, 2.05) is 43.0 Å². The number of nitrogens with zero attached hydrogens (tertiary/aromatic N) is 2. The van der Waals surface area contributed by atoms with E-state index in [-0.39, 0.29) is 23.8 Å². The van der Waals surface area contributed by atoms with Crippen molar-refractivity contribution < 1.29 is 14.3 Å². The van der Waals surface area contributed by atoms with Crippen molar-refractivity contribution in [1.82, 2.24) is 9.80 Å². The molecule has 4 rings (SSSR count). The summed E-state index contributed by atoms with van der Waals surface area (Å²) in [5.41, 5.74) is 1.19. The lowest BCUT2D eigenvalue weighted by molar-refractivity contribution is -0.118. The van der Waals surface area contributed by atoms with E-state index in [1.54, 1.807) is 0 Å². The number of nitrogens with one attached hydrogen (secondary N) is 1. The first-order valence-electron chi connectivity index (χ1n) is 11.8. The Hall–Kier alpha value is -1.92. The van der Waals surface area contributed by atoms with E-state index in [2.05, 4.69) is 24.3 Å². The second-order valence-electron chi connectivity index (χ2n) is 10.2. The Bertz CT molecular complexity index is 805. The fraction of sp³-hybridized carbons (Fsp3) is 0.680. The van der Waals surface area contributed by atoms with Gasteiger partial charge in [-0.15, -0.1) is 0 Å². The van der Waals surface area contributed by atoms with Crippen molar-refractivity contribution in [1.29, 1.82) is 0 Å². The van der Waals surface area contributed by atoms with Gasteiger partial charge in [0, 0.05) is 31.7 Å². The maximum Gasteiger partial charge on any atom is 0.255 e. The summed E-state index contributed by atoms with van der Waals surface area (Å²) in [6, 6.07) is 7.78. The van der Waals surface area contributed by atoms with Crippen molar-refractivity contribution in [3.05, 3.63) is 29.8 Å². The third kappa shape index (κ3) is 5.12. The molecule has 1 heterocycles. The van der Waals surface area contributed by atoms with Crippen LogP contribution >= 0.6 is 0 Å². The zero-order valence-corrected chi connectivity index (χ0v) is 19.3. The first-order chi connectivity index (χ1) is 14.8. The number of hydrogen-bond donors (Lipinski definition) is 1. The molecule has 170 valence electrons. The summed E-state index contributed by atoms with van der Waals surface area (Å²) >= 11 is 0. The van der Waals surface area contributed by atoms with Gasteiger partial charge in [0.2, 0.25) is 5.91 Å². The topological polar surface area (TPSA) is 61.9 Å². The van der Waals surface area contributed by atoms with Crippen molar-refractivity contribution in [2.45, 2.75) is 51.7 Å². The van der Waals surface area contributed by atoms with E-state index in [9.17, 15) is 9.59 Å². The number of para-hydroxylation sites is 1. The number of anilines is 1. The molecule has 6 heteroatoms. The van der Waals surface area contributed by atoms with Crippen LogP contribution in [-0.4, -0.2) is 67.6 Å². The van der Waals surface area contributed by atoms with Gasteiger partial charge in [0.1, 0.15) is 0 Å². The molecule has 0 bridgehead atoms. The number of benzene rings is 1. The van der Waals surface area contributed by atoms with Gasteiger partial charge in [0.15, 0.2) is 0 Å². The van der Waals surface area contributed by atoms with Crippen LogP contribution in [-0.2, 0) is 9.53 Å². The SMILES string of the molecule is CC(C)C(=O)Nc1ccccc1C(=O)N1C[C@H]2C[C@@H](N(C)C)[C@H](OCC3CC3)C[C@H]2C1. The largest absolute Gasteiger partial charge is 0.376 e. The fourth-order valence-electron chi connectivity index (χ4n) is 5.05. The van der Waals surface area contributed by atoms with Crippen LogP contribution in [0.5, 0.6) is 0 Å². The highest BCUT2D eigenvalue weighted by molar-refractivity contribution is 6.04. The highest BCUT2D eigenvalue weighted by Gasteiger charge is 2.45. The van der Waals surface area contributed by atoms with Crippen LogP contribution in [0.25, 0.3) is 0 Å². The van der Waals surface area contributed by atoms with E-state index < -0.39 is 0 Å². The van der Waals surface area contributed by atoms with Crippen molar-refractivity contribution in [2.24, 2.45) is 23.7 Å². The average Bonchev–Trinajstić information content (AvgIpc) is 3.48. The smallest absolute Gasteiger partial charge is 0.255 e. The minimum absolute atomic E-state index is 0.0194. The molecule has 3 fully saturated rings. The van der Waals surface area contributed by atoms with Crippen LogP contribution in [0, 0.1) is 23.7 Å². The normalized spacial score (nSPS) is 28.1. The Balaban J connectivity index is 1.44. The van der Waals surface area contributed by atoms with E-state index in [4.69, 9.17) is 4.74 Å². The maximum absolute atomic E-state index is 13.4. The molecule has 0 spiro atoms. The lowest BCUT2D eigenvalue weighted by Gasteiger charge is -2.41. The van der Waals surface area contributed by atoms with Crippen LogP contribution in [0.2, 0.25) is 0 Å². The Labute approximate surface area is 186 Å². The summed E-state index contributed by atoms with van der Waals surface area (Å²) in [7, 11) is 4.29. The number of carbonyl (C=O) groups excluding carboxylic acids is 2. The molecule has 6 nitrogen and oxygen atoms in total. The van der Waals surface area contributed by atoms with E-state index in [0.29, 0.717) is 29.1 Å². The Morgan fingerprint density at radius 1 is 1.13 bits per heavy atom. The molecule has 1 aromatic carbocycles. The molecule has 4 atom stereocenters. The summed E-state index contributed by atoms with van der Waals surface area (Å²) in [6.45, 7) is 6.16. The zero-order valence-electron chi connectivity index (χ0n) is 19.3. The van der Waals surface area contributed by atoms with Crippen molar-refractivity contribution in [2.75, 3.05) is 39.1 Å². The number of rotatable bonds is 7. The molecule has 0 aromatic heterocycles. The molecule has 1 aromatic rings. The van der Waals surface area contributed by atoms with E-state index >= 15 is 0 Å². The van der Waals surface area contributed by atoms with Crippen LogP contribution in [0.15, 0.2) is 24.3 Å². The molecule has 1 saturated heterocycles. The minimum atomic E-state index is -0.131. The Morgan fingerprint density at radius 2 is 1.81 bits per heavy atom. The third-order valence-corrected chi connectivity index (χ3v) is 7.22. The Morgan fingerprint density at radius 3 is 2.45 bits per heavy atom. The number of fused-ring (bicyclic) bond motifs is 1. The number of hydrogen-bond acceptors (Lipinski definition) is 4. The Kier molecular flexibility index (Phi) is 6.68. The number of amides is 2. The first-order valence-corrected chi connectivity index (χ1v) is 11.8. The molecule has 1 N–H and O–H groups in total. The highest BCUT2D eigenvalue weighted by Crippen LogP contribution is 2.40. The first kappa shape index (κ1) is 22.3. The number of ether oxygens (including phenoxy) is 1. The lowest BCUT2D eigenvalue weighted by atomic mass is 9.77. The zero-order chi connectivity index (χ0) is 22.1. The van der Waals surface area contributed by atoms with Gasteiger partial charge in [-0.1, -0.05) is 26.0 Å². The van der Waals surface area contributed by atoms with Gasteiger partial charge in [0.05, 0.1) is 17.4 Å². The molecule has 0 radical (unpaired) electrons. The van der Waals surface area contributed by atoms with Gasteiger partial charge in [-0.25, -0.2) is 0 Å². The molecule has 1 aliphatic heterocycles. The number of likely N-dealkylation sites (N-methyl/N-ethyl adjacent to an activating group) is 1. The highest BCUT2D eigenvalue weighted by atomic mass is 16.5. The molecule has 2 aliphatic carbocycles. The van der Waals surface area contributed by atoms with Crippen LogP contribution in [0.4, 0.5) is 5.69 Å². The predicted molar refractivity (Wildman–Crippen MR) is 122 cm³/mol. The molecule has 0 unspecified atom stereocenters. The van der Waals surface area contributed by atoms with Crippen molar-refractivity contribution >= 4 is 17.5 Å². The van der Waals surface area contributed by atoms with Crippen LogP contribution < -0.4 is 5.32 Å². The quantitative estimate of drug-likeness (QED) is 0.724. The predicted octanol–water partition coefficient (Wildman–Crippen LogP) is 3.49. The second kappa shape index (κ2) is 9.29. The summed E-state index contributed by atoms with van der Waals surface area (Å²) in [6.07, 6.45) is 4.96. The maximum atomic E-state index is 13.4. The summed E-state index contributed by atoms with van der Waals surface area (Å²) in [5, 5.41) is 2.93. The van der Waals surface area contributed by atoms with Gasteiger partial charge in [-0.05, 0) is 69.7 Å². The molecule has 31 heavy (non-hydrogen) atoms. The van der Waals surface area contributed by atoms with E-state index in [0.717, 1.165) is 38.5 Å². The summed E-state index contributed by atoms with van der Waals surface area (Å²) in [4.78, 5) is 29.9. The van der Waals surface area contributed by atoms with Gasteiger partial charge in [0.25, 0.3) is 5.91 Å². The van der Waals surface area contributed by atoms with E-state index in [1.165, 1.54) is 12.8 Å². The molecule has 3 aliphatic rings. The summed E-state index contributed by atoms with van der Waals surface area (Å²) in [5.74, 6) is 1.58.